The zero-order chi connectivity index (χ0) is 14.5. The van der Waals surface area contributed by atoms with Crippen LogP contribution in [0.1, 0.15) is 18.4 Å². The number of hydrogen-bond acceptors (Lipinski definition) is 5. The van der Waals surface area contributed by atoms with Crippen molar-refractivity contribution in [1.82, 2.24) is 10.1 Å². The van der Waals surface area contributed by atoms with Gasteiger partial charge in [0.2, 0.25) is 11.7 Å². The molecule has 1 aromatic heterocycles. The molecular weight excluding hydrogens is 279 g/mol. The van der Waals surface area contributed by atoms with Gasteiger partial charge in [-0.1, -0.05) is 24.2 Å². The molecule has 1 N–H and O–H groups in total. The van der Waals surface area contributed by atoms with Crippen LogP contribution >= 0.6 is 11.8 Å². The minimum absolute atomic E-state index is 0.171. The van der Waals surface area contributed by atoms with Crippen LogP contribution in [0.3, 0.4) is 0 Å². The van der Waals surface area contributed by atoms with Crippen LogP contribution < -0.4 is 0 Å². The number of nitrogens with zero attached hydrogens (tertiary/aromatic N) is 2. The summed E-state index contributed by atoms with van der Waals surface area (Å²) in [5.74, 6) is 2.29. The molecule has 2 aromatic rings. The molecule has 0 aliphatic rings. The summed E-state index contributed by atoms with van der Waals surface area (Å²) in [7, 11) is 0. The van der Waals surface area contributed by atoms with Crippen molar-refractivity contribution in [2.75, 3.05) is 12.4 Å². The molecule has 1 unspecified atom stereocenters. The third-order valence-corrected chi connectivity index (χ3v) is 4.09. The summed E-state index contributed by atoms with van der Waals surface area (Å²) in [6.07, 6.45) is 0. The van der Waals surface area contributed by atoms with E-state index in [1.807, 2.05) is 6.92 Å². The van der Waals surface area contributed by atoms with Gasteiger partial charge in [-0.15, -0.1) is 0 Å². The van der Waals surface area contributed by atoms with Crippen LogP contribution in [0.25, 0.3) is 11.4 Å². The van der Waals surface area contributed by atoms with Crippen molar-refractivity contribution < 1.29 is 14.0 Å². The zero-order valence-electron chi connectivity index (χ0n) is 11.5. The van der Waals surface area contributed by atoms with Gasteiger partial charge >= 0.3 is 0 Å². The van der Waals surface area contributed by atoms with Crippen LogP contribution in [-0.4, -0.2) is 27.6 Å². The van der Waals surface area contributed by atoms with Crippen molar-refractivity contribution >= 4 is 11.8 Å². The van der Waals surface area contributed by atoms with Crippen LogP contribution in [0.15, 0.2) is 22.7 Å². The minimum atomic E-state index is -0.278. The highest BCUT2D eigenvalue weighted by molar-refractivity contribution is 7.98. The summed E-state index contributed by atoms with van der Waals surface area (Å²) in [5.41, 5.74) is 1.20. The van der Waals surface area contributed by atoms with Gasteiger partial charge in [0, 0.05) is 12.2 Å². The number of benzene rings is 1. The second-order valence-electron chi connectivity index (χ2n) is 4.78. The molecule has 0 amide bonds. The molecule has 1 atom stereocenters. The predicted octanol–water partition coefficient (Wildman–Crippen LogP) is 3.05. The number of aliphatic hydroxyl groups excluding tert-OH is 1. The van der Waals surface area contributed by atoms with Crippen LogP contribution in [0.2, 0.25) is 0 Å². The number of aryl methyl sites for hydroxylation is 1. The summed E-state index contributed by atoms with van der Waals surface area (Å²) in [4.78, 5) is 4.25. The van der Waals surface area contributed by atoms with E-state index in [4.69, 9.17) is 9.63 Å². The molecule has 2 rings (SSSR count). The lowest BCUT2D eigenvalue weighted by molar-refractivity contribution is 0.250. The van der Waals surface area contributed by atoms with Gasteiger partial charge in [-0.3, -0.25) is 0 Å². The fourth-order valence-corrected chi connectivity index (χ4v) is 2.48. The van der Waals surface area contributed by atoms with Crippen molar-refractivity contribution in [3.8, 4) is 11.4 Å². The van der Waals surface area contributed by atoms with Crippen molar-refractivity contribution in [2.24, 2.45) is 5.92 Å². The quantitative estimate of drug-likeness (QED) is 0.888. The highest BCUT2D eigenvalue weighted by Crippen LogP contribution is 2.21. The van der Waals surface area contributed by atoms with E-state index in [0.717, 1.165) is 5.75 Å². The normalized spacial score (nSPS) is 12.6. The SMILES string of the molecule is Cc1ccc(-c2noc(CSCC(C)CO)n2)cc1F. The largest absolute Gasteiger partial charge is 0.396 e. The molecule has 0 spiro atoms. The van der Waals surface area contributed by atoms with Gasteiger partial charge in [-0.05, 0) is 30.2 Å². The summed E-state index contributed by atoms with van der Waals surface area (Å²) in [6.45, 7) is 3.85. The van der Waals surface area contributed by atoms with E-state index in [9.17, 15) is 4.39 Å². The van der Waals surface area contributed by atoms with Crippen molar-refractivity contribution in [1.29, 1.82) is 0 Å². The maximum atomic E-state index is 13.5. The molecule has 0 saturated heterocycles. The maximum absolute atomic E-state index is 13.5. The molecule has 20 heavy (non-hydrogen) atoms. The zero-order valence-corrected chi connectivity index (χ0v) is 12.3. The van der Waals surface area contributed by atoms with Gasteiger partial charge in [0.05, 0.1) is 5.75 Å². The monoisotopic (exact) mass is 296 g/mol. The number of aliphatic hydroxyl groups is 1. The summed E-state index contributed by atoms with van der Waals surface area (Å²) in [6, 6.07) is 4.87. The van der Waals surface area contributed by atoms with Gasteiger partial charge < -0.3 is 9.63 Å². The number of thioether (sulfide) groups is 1. The fraction of sp³-hybridized carbons (Fsp3) is 0.429. The molecule has 0 aliphatic carbocycles. The van der Waals surface area contributed by atoms with E-state index in [1.54, 1.807) is 30.8 Å². The number of halogens is 1. The molecule has 4 nitrogen and oxygen atoms in total. The fourth-order valence-electron chi connectivity index (χ4n) is 1.56. The molecule has 0 bridgehead atoms. The van der Waals surface area contributed by atoms with Crippen LogP contribution in [0, 0.1) is 18.7 Å². The van der Waals surface area contributed by atoms with E-state index in [0.29, 0.717) is 28.6 Å². The molecule has 0 aliphatic heterocycles. The Labute approximate surface area is 121 Å². The number of hydrogen-bond donors (Lipinski definition) is 1. The third-order valence-electron chi connectivity index (χ3n) is 2.84. The van der Waals surface area contributed by atoms with Gasteiger partial charge in [-0.2, -0.15) is 16.7 Å². The predicted molar refractivity (Wildman–Crippen MR) is 76.8 cm³/mol. The van der Waals surface area contributed by atoms with E-state index in [1.165, 1.54) is 6.07 Å². The Morgan fingerprint density at radius 2 is 2.25 bits per heavy atom. The lowest BCUT2D eigenvalue weighted by Gasteiger charge is -2.04. The number of aromatic nitrogens is 2. The van der Waals surface area contributed by atoms with Crippen LogP contribution in [0.4, 0.5) is 4.39 Å². The van der Waals surface area contributed by atoms with E-state index < -0.39 is 0 Å². The van der Waals surface area contributed by atoms with E-state index in [-0.39, 0.29) is 18.3 Å². The van der Waals surface area contributed by atoms with Gasteiger partial charge in [-0.25, -0.2) is 4.39 Å². The summed E-state index contributed by atoms with van der Waals surface area (Å²) < 4.78 is 18.6. The topological polar surface area (TPSA) is 59.2 Å². The Morgan fingerprint density at radius 3 is 2.95 bits per heavy atom. The summed E-state index contributed by atoms with van der Waals surface area (Å²) >= 11 is 1.62. The number of rotatable bonds is 6. The van der Waals surface area contributed by atoms with E-state index in [2.05, 4.69) is 10.1 Å². The Hall–Kier alpha value is -1.40. The highest BCUT2D eigenvalue weighted by atomic mass is 32.2. The van der Waals surface area contributed by atoms with Crippen molar-refractivity contribution in [3.05, 3.63) is 35.5 Å². The second-order valence-corrected chi connectivity index (χ2v) is 5.81. The van der Waals surface area contributed by atoms with Crippen LogP contribution in [-0.2, 0) is 5.75 Å². The Kier molecular flexibility index (Phi) is 5.14. The van der Waals surface area contributed by atoms with Gasteiger partial charge in [0.25, 0.3) is 0 Å². The molecule has 108 valence electrons. The Bertz CT molecular complexity index is 574. The third kappa shape index (κ3) is 3.80. The van der Waals surface area contributed by atoms with Crippen molar-refractivity contribution in [2.45, 2.75) is 19.6 Å². The Balaban J connectivity index is 1.99. The highest BCUT2D eigenvalue weighted by Gasteiger charge is 2.11. The maximum Gasteiger partial charge on any atom is 0.236 e. The average molecular weight is 296 g/mol. The first-order chi connectivity index (χ1) is 9.60. The summed E-state index contributed by atoms with van der Waals surface area (Å²) in [5, 5.41) is 12.8. The van der Waals surface area contributed by atoms with E-state index >= 15 is 0 Å². The molecule has 1 aromatic carbocycles. The molecule has 0 radical (unpaired) electrons. The lowest BCUT2D eigenvalue weighted by Crippen LogP contribution is -2.03. The second kappa shape index (κ2) is 6.85. The first kappa shape index (κ1) is 15.0. The molecule has 0 fully saturated rings. The molecule has 0 saturated carbocycles. The molecule has 6 heteroatoms. The lowest BCUT2D eigenvalue weighted by atomic mass is 10.1. The first-order valence-corrected chi connectivity index (χ1v) is 7.53. The Morgan fingerprint density at radius 1 is 1.45 bits per heavy atom. The minimum Gasteiger partial charge on any atom is -0.396 e. The van der Waals surface area contributed by atoms with Crippen LogP contribution in [0.5, 0.6) is 0 Å². The van der Waals surface area contributed by atoms with Gasteiger partial charge in [0.1, 0.15) is 5.82 Å². The average Bonchev–Trinajstić information content (AvgIpc) is 2.90. The van der Waals surface area contributed by atoms with Gasteiger partial charge in [0.15, 0.2) is 0 Å². The molecular formula is C14H17FN2O2S. The molecule has 1 heterocycles. The smallest absolute Gasteiger partial charge is 0.236 e. The van der Waals surface area contributed by atoms with Crippen molar-refractivity contribution in [3.63, 3.8) is 0 Å². The standard InChI is InChI=1S/C14H17FN2O2S/c1-9(6-18)7-20-8-13-16-14(17-19-13)11-4-3-10(2)12(15)5-11/h3-5,9,18H,6-8H2,1-2H3. The first-order valence-electron chi connectivity index (χ1n) is 6.38.